The fourth-order valence-corrected chi connectivity index (χ4v) is 4.47. The van der Waals surface area contributed by atoms with Crippen LogP contribution >= 0.6 is 34.5 Å². The van der Waals surface area contributed by atoms with E-state index >= 15 is 0 Å². The van der Waals surface area contributed by atoms with Gasteiger partial charge in [0.15, 0.2) is 5.82 Å². The van der Waals surface area contributed by atoms with Crippen molar-refractivity contribution in [3.05, 3.63) is 74.3 Å². The highest BCUT2D eigenvalue weighted by Gasteiger charge is 2.33. The second kappa shape index (κ2) is 10.5. The fourth-order valence-electron chi connectivity index (χ4n) is 3.13. The van der Waals surface area contributed by atoms with E-state index < -0.39 is 34.9 Å². The van der Waals surface area contributed by atoms with Gasteiger partial charge < -0.3 is 15.4 Å². The summed E-state index contributed by atoms with van der Waals surface area (Å²) in [6, 6.07) is 2.53. The van der Waals surface area contributed by atoms with Crippen LogP contribution in [0.5, 0.6) is 0 Å². The number of aliphatic hydroxyl groups excluding tert-OH is 1. The zero-order chi connectivity index (χ0) is 26.0. The molecular weight excluding hydrogens is 542 g/mol. The summed E-state index contributed by atoms with van der Waals surface area (Å²) < 4.78 is 39.2. The van der Waals surface area contributed by atoms with E-state index in [9.17, 15) is 23.1 Å². The summed E-state index contributed by atoms with van der Waals surface area (Å²) >= 11 is 13.0. The number of aliphatic hydroxyl groups is 1. The molecule has 188 valence electrons. The van der Waals surface area contributed by atoms with E-state index in [-0.39, 0.29) is 21.3 Å². The number of imidazole rings is 1. The van der Waals surface area contributed by atoms with E-state index in [1.54, 1.807) is 13.1 Å². The molecule has 3 heterocycles. The third-order valence-electron chi connectivity index (χ3n) is 4.85. The predicted octanol–water partition coefficient (Wildman–Crippen LogP) is 5.24. The van der Waals surface area contributed by atoms with Gasteiger partial charge in [0.2, 0.25) is 0 Å². The molecule has 0 fully saturated rings. The molecule has 3 aromatic heterocycles. The monoisotopic (exact) mass is 557 g/mol. The van der Waals surface area contributed by atoms with Gasteiger partial charge in [0, 0.05) is 18.1 Å². The quantitative estimate of drug-likeness (QED) is 0.228. The summed E-state index contributed by atoms with van der Waals surface area (Å²) in [6.45, 7) is 1.70. The summed E-state index contributed by atoms with van der Waals surface area (Å²) in [7, 11) is 0. The van der Waals surface area contributed by atoms with E-state index in [2.05, 4.69) is 35.6 Å². The van der Waals surface area contributed by atoms with Crippen LogP contribution < -0.4 is 10.6 Å². The molecule has 1 amide bonds. The Morgan fingerprint density at radius 3 is 2.67 bits per heavy atom. The number of hydrogen-bond donors (Lipinski definition) is 4. The van der Waals surface area contributed by atoms with Crippen LogP contribution in [-0.4, -0.2) is 35.9 Å². The number of anilines is 1. The lowest BCUT2D eigenvalue weighted by Gasteiger charge is -2.18. The van der Waals surface area contributed by atoms with Gasteiger partial charge in [-0.2, -0.15) is 13.2 Å². The summed E-state index contributed by atoms with van der Waals surface area (Å²) in [5, 5.41) is 16.0. The van der Waals surface area contributed by atoms with Crippen LogP contribution in [-0.2, 0) is 6.18 Å². The molecule has 0 radical (unpaired) electrons. The predicted molar refractivity (Wildman–Crippen MR) is 128 cm³/mol. The second-order valence-corrected chi connectivity index (χ2v) is 9.21. The first-order chi connectivity index (χ1) is 17.0. The summed E-state index contributed by atoms with van der Waals surface area (Å²) in [6.07, 6.45) is -0.317. The smallest absolute Gasteiger partial charge is 0.373 e. The van der Waals surface area contributed by atoms with Crippen molar-refractivity contribution in [1.82, 2.24) is 30.2 Å². The Morgan fingerprint density at radius 2 is 1.97 bits per heavy atom. The molecule has 4 N–H and O–H groups in total. The van der Waals surface area contributed by atoms with Gasteiger partial charge in [0.05, 0.1) is 27.8 Å². The Morgan fingerprint density at radius 1 is 1.19 bits per heavy atom. The molecule has 0 saturated heterocycles. The van der Waals surface area contributed by atoms with Crippen molar-refractivity contribution in [2.75, 3.05) is 5.32 Å². The molecule has 36 heavy (non-hydrogen) atoms. The van der Waals surface area contributed by atoms with E-state index in [4.69, 9.17) is 23.2 Å². The van der Waals surface area contributed by atoms with Crippen LogP contribution in [0.2, 0.25) is 10.0 Å². The SMILES string of the molecule is C[C@@H](NC(O)c1ncnc(-c2ncc[nH]2)c1Cl)c1ncc(C(=O)Nc2ccc(Cl)c(C(F)(F)F)c2)s1. The highest BCUT2D eigenvalue weighted by atomic mass is 35.5. The number of nitrogens with zero attached hydrogens (tertiary/aromatic N) is 4. The average molecular weight is 558 g/mol. The molecule has 0 saturated carbocycles. The van der Waals surface area contributed by atoms with E-state index in [1.165, 1.54) is 24.8 Å². The molecule has 4 rings (SSSR count). The molecule has 1 unspecified atom stereocenters. The van der Waals surface area contributed by atoms with Gasteiger partial charge in [-0.3, -0.25) is 10.1 Å². The van der Waals surface area contributed by atoms with Gasteiger partial charge in [-0.15, -0.1) is 11.3 Å². The summed E-state index contributed by atoms with van der Waals surface area (Å²) in [5.74, 6) is -0.244. The van der Waals surface area contributed by atoms with E-state index in [0.717, 1.165) is 23.5 Å². The lowest BCUT2D eigenvalue weighted by atomic mass is 10.2. The third-order valence-corrected chi connectivity index (χ3v) is 6.73. The number of thiazole rings is 1. The Kier molecular flexibility index (Phi) is 7.57. The van der Waals surface area contributed by atoms with Crippen molar-refractivity contribution >= 4 is 46.1 Å². The first-order valence-corrected chi connectivity index (χ1v) is 11.7. The minimum atomic E-state index is -4.66. The van der Waals surface area contributed by atoms with Crippen LogP contribution in [0.3, 0.4) is 0 Å². The number of benzene rings is 1. The largest absolute Gasteiger partial charge is 0.417 e. The van der Waals surface area contributed by atoms with Crippen molar-refractivity contribution in [1.29, 1.82) is 0 Å². The molecule has 4 aromatic rings. The lowest BCUT2D eigenvalue weighted by Crippen LogP contribution is -2.25. The maximum atomic E-state index is 13.1. The second-order valence-electron chi connectivity index (χ2n) is 7.36. The molecule has 0 aliphatic carbocycles. The first kappa shape index (κ1) is 26.0. The number of hydrogen-bond acceptors (Lipinski definition) is 8. The number of alkyl halides is 3. The van der Waals surface area contributed by atoms with Gasteiger partial charge in [0.1, 0.15) is 33.8 Å². The number of nitrogens with one attached hydrogen (secondary N) is 3. The Bertz CT molecular complexity index is 1380. The van der Waals surface area contributed by atoms with Crippen molar-refractivity contribution in [2.45, 2.75) is 25.4 Å². The van der Waals surface area contributed by atoms with Crippen molar-refractivity contribution in [3.63, 3.8) is 0 Å². The van der Waals surface area contributed by atoms with Gasteiger partial charge in [-0.05, 0) is 25.1 Å². The number of H-pyrrole nitrogens is 1. The normalized spacial score (nSPS) is 13.4. The molecule has 0 aliphatic heterocycles. The molecule has 0 bridgehead atoms. The third kappa shape index (κ3) is 5.65. The first-order valence-electron chi connectivity index (χ1n) is 10.1. The average Bonchev–Trinajstić information content (AvgIpc) is 3.52. The maximum absolute atomic E-state index is 13.1. The van der Waals surface area contributed by atoms with Gasteiger partial charge in [0.25, 0.3) is 5.91 Å². The standard InChI is InChI=1S/C21H16Cl2F3N7O2S/c1-9(32-19(35)16-14(23)15(30-8-31-16)17-27-4-5-28-17)20-29-7-13(36-20)18(34)33-10-2-3-12(22)11(6-10)21(24,25)26/h2-9,19,32,35H,1H3,(H,27,28)(H,33,34)/t9-,19?/m1/s1. The Hall–Kier alpha value is -3.10. The van der Waals surface area contributed by atoms with Crippen LogP contribution in [0, 0.1) is 0 Å². The van der Waals surface area contributed by atoms with Crippen molar-refractivity contribution in [2.24, 2.45) is 0 Å². The molecule has 2 atom stereocenters. The Labute approximate surface area is 215 Å². The zero-order valence-corrected chi connectivity index (χ0v) is 20.5. The van der Waals surface area contributed by atoms with Gasteiger partial charge >= 0.3 is 6.18 Å². The zero-order valence-electron chi connectivity index (χ0n) is 18.1. The highest BCUT2D eigenvalue weighted by molar-refractivity contribution is 7.13. The van der Waals surface area contributed by atoms with E-state index in [0.29, 0.717) is 16.5 Å². The van der Waals surface area contributed by atoms with Gasteiger partial charge in [-0.1, -0.05) is 23.2 Å². The molecule has 9 nitrogen and oxygen atoms in total. The summed E-state index contributed by atoms with van der Waals surface area (Å²) in [4.78, 5) is 32.0. The van der Waals surface area contributed by atoms with Gasteiger partial charge in [-0.25, -0.2) is 19.9 Å². The molecule has 0 aliphatic rings. The highest BCUT2D eigenvalue weighted by Crippen LogP contribution is 2.36. The van der Waals surface area contributed by atoms with Crippen LogP contribution in [0.4, 0.5) is 18.9 Å². The van der Waals surface area contributed by atoms with Crippen molar-refractivity contribution < 1.29 is 23.1 Å². The topological polar surface area (TPSA) is 129 Å². The number of halogens is 5. The van der Waals surface area contributed by atoms with Crippen molar-refractivity contribution in [3.8, 4) is 11.5 Å². The minimum absolute atomic E-state index is 0.0703. The molecule has 0 spiro atoms. The number of carbonyl (C=O) groups is 1. The molecular formula is C21H16Cl2F3N7O2S. The van der Waals surface area contributed by atoms with Crippen LogP contribution in [0.15, 0.2) is 43.1 Å². The maximum Gasteiger partial charge on any atom is 0.417 e. The number of carbonyl (C=O) groups excluding carboxylic acids is 1. The number of amides is 1. The molecule has 1 aromatic carbocycles. The van der Waals surface area contributed by atoms with E-state index in [1.807, 2.05) is 0 Å². The number of rotatable bonds is 7. The number of aromatic amines is 1. The lowest BCUT2D eigenvalue weighted by molar-refractivity contribution is -0.137. The fraction of sp³-hybridized carbons (Fsp3) is 0.190. The Balaban J connectivity index is 1.45. The van der Waals surface area contributed by atoms with Crippen LogP contribution in [0.25, 0.3) is 11.5 Å². The minimum Gasteiger partial charge on any atom is -0.373 e. The number of aromatic nitrogens is 5. The molecule has 15 heteroatoms. The summed E-state index contributed by atoms with van der Waals surface area (Å²) in [5.41, 5.74) is -0.705. The van der Waals surface area contributed by atoms with Crippen LogP contribution in [0.1, 0.15) is 45.1 Å².